The number of halogens is 1. The highest BCUT2D eigenvalue weighted by molar-refractivity contribution is 7.92. The predicted octanol–water partition coefficient (Wildman–Crippen LogP) is 3.74. The van der Waals surface area contributed by atoms with Gasteiger partial charge in [-0.1, -0.05) is 37.3 Å². The molecule has 3 rings (SSSR count). The van der Waals surface area contributed by atoms with Gasteiger partial charge in [0.25, 0.3) is 0 Å². The largest absolute Gasteiger partial charge is 0.348 e. The topological polar surface area (TPSA) is 66.5 Å². The Morgan fingerprint density at radius 3 is 2.52 bits per heavy atom. The zero-order valence-electron chi connectivity index (χ0n) is 17.0. The second-order valence-electron chi connectivity index (χ2n) is 7.55. The van der Waals surface area contributed by atoms with Gasteiger partial charge in [-0.25, -0.2) is 12.8 Å². The molecule has 0 saturated heterocycles. The van der Waals surface area contributed by atoms with Crippen LogP contribution in [0.25, 0.3) is 0 Å². The maximum absolute atomic E-state index is 14.3. The number of amides is 1. The number of anilines is 1. The molecule has 156 valence electrons. The molecule has 2 aromatic rings. The summed E-state index contributed by atoms with van der Waals surface area (Å²) < 4.78 is 40.1. The number of nitrogens with zero attached hydrogens (tertiary/aromatic N) is 1. The quantitative estimate of drug-likeness (QED) is 0.745. The lowest BCUT2D eigenvalue weighted by atomic mass is 10.0. The van der Waals surface area contributed by atoms with Crippen LogP contribution in [0, 0.1) is 5.82 Å². The SMILES string of the molecule is CC[C@@H](C(=O)N[C@@H](C)c1ccc2c(c1)CCC2)N(c1ccccc1F)S(C)(=O)=O. The Morgan fingerprint density at radius 2 is 1.86 bits per heavy atom. The second-order valence-corrected chi connectivity index (χ2v) is 9.41. The van der Waals surface area contributed by atoms with E-state index in [1.807, 2.05) is 13.0 Å². The van der Waals surface area contributed by atoms with Crippen molar-refractivity contribution in [3.05, 3.63) is 65.0 Å². The molecule has 29 heavy (non-hydrogen) atoms. The van der Waals surface area contributed by atoms with Gasteiger partial charge in [0, 0.05) is 0 Å². The van der Waals surface area contributed by atoms with E-state index in [4.69, 9.17) is 0 Å². The summed E-state index contributed by atoms with van der Waals surface area (Å²) >= 11 is 0. The number of sulfonamides is 1. The van der Waals surface area contributed by atoms with Crippen molar-refractivity contribution < 1.29 is 17.6 Å². The third-order valence-corrected chi connectivity index (χ3v) is 6.57. The molecule has 0 radical (unpaired) electrons. The third kappa shape index (κ3) is 4.61. The summed E-state index contributed by atoms with van der Waals surface area (Å²) in [7, 11) is -3.87. The molecule has 2 aromatic carbocycles. The average Bonchev–Trinajstić information content (AvgIpc) is 3.13. The number of fused-ring (bicyclic) bond motifs is 1. The van der Waals surface area contributed by atoms with Crippen molar-refractivity contribution >= 4 is 21.6 Å². The number of carbonyl (C=O) groups excluding carboxylic acids is 1. The summed E-state index contributed by atoms with van der Waals surface area (Å²) in [5.41, 5.74) is 3.51. The molecule has 1 amide bonds. The Morgan fingerprint density at radius 1 is 1.17 bits per heavy atom. The van der Waals surface area contributed by atoms with E-state index >= 15 is 0 Å². The van der Waals surface area contributed by atoms with Crippen molar-refractivity contribution in [1.82, 2.24) is 5.32 Å². The molecule has 0 saturated carbocycles. The van der Waals surface area contributed by atoms with Crippen molar-refractivity contribution in [2.24, 2.45) is 0 Å². The van der Waals surface area contributed by atoms with E-state index in [0.717, 1.165) is 35.4 Å². The van der Waals surface area contributed by atoms with Crippen LogP contribution in [-0.2, 0) is 27.7 Å². The maximum atomic E-state index is 14.3. The van der Waals surface area contributed by atoms with Gasteiger partial charge in [-0.05, 0) is 61.4 Å². The third-order valence-electron chi connectivity index (χ3n) is 5.40. The highest BCUT2D eigenvalue weighted by atomic mass is 32.2. The molecule has 1 aliphatic carbocycles. The van der Waals surface area contributed by atoms with Gasteiger partial charge in [0.2, 0.25) is 15.9 Å². The van der Waals surface area contributed by atoms with Crippen LogP contribution in [0.5, 0.6) is 0 Å². The fourth-order valence-corrected chi connectivity index (χ4v) is 5.13. The fourth-order valence-electron chi connectivity index (χ4n) is 3.92. The smallest absolute Gasteiger partial charge is 0.244 e. The molecule has 5 nitrogen and oxygen atoms in total. The molecule has 2 atom stereocenters. The first kappa shape index (κ1) is 21.3. The Kier molecular flexibility index (Phi) is 6.27. The minimum absolute atomic E-state index is 0.123. The number of para-hydroxylation sites is 1. The van der Waals surface area contributed by atoms with Crippen LogP contribution in [-0.4, -0.2) is 26.6 Å². The van der Waals surface area contributed by atoms with Gasteiger partial charge in [-0.3, -0.25) is 9.10 Å². The van der Waals surface area contributed by atoms with E-state index in [0.29, 0.717) is 0 Å². The summed E-state index contributed by atoms with van der Waals surface area (Å²) in [6, 6.07) is 10.5. The standard InChI is InChI=1S/C22H27FN2O3S/c1-4-20(25(29(3,27)28)21-11-6-5-10-19(21)23)22(26)24-15(2)17-13-12-16-8-7-9-18(16)14-17/h5-6,10-15,20H,4,7-9H2,1-3H3,(H,24,26)/t15-,20-/m0/s1. The van der Waals surface area contributed by atoms with E-state index in [2.05, 4.69) is 17.4 Å². The van der Waals surface area contributed by atoms with Crippen LogP contribution in [0.15, 0.2) is 42.5 Å². The summed E-state index contributed by atoms with van der Waals surface area (Å²) in [4.78, 5) is 13.0. The number of benzene rings is 2. The summed E-state index contributed by atoms with van der Waals surface area (Å²) in [6.07, 6.45) is 4.46. The Labute approximate surface area is 172 Å². The Balaban J connectivity index is 1.85. The normalized spacial score (nSPS) is 15.4. The zero-order valence-corrected chi connectivity index (χ0v) is 17.8. The van der Waals surface area contributed by atoms with Crippen molar-refractivity contribution in [3.8, 4) is 0 Å². The average molecular weight is 419 g/mol. The summed E-state index contributed by atoms with van der Waals surface area (Å²) in [6.45, 7) is 3.58. The molecule has 7 heteroatoms. The van der Waals surface area contributed by atoms with Crippen LogP contribution in [0.4, 0.5) is 10.1 Å². The molecule has 0 bridgehead atoms. The monoisotopic (exact) mass is 418 g/mol. The van der Waals surface area contributed by atoms with Crippen molar-refractivity contribution in [2.45, 2.75) is 51.6 Å². The highest BCUT2D eigenvalue weighted by Crippen LogP contribution is 2.27. The number of nitrogens with one attached hydrogen (secondary N) is 1. The van der Waals surface area contributed by atoms with Crippen LogP contribution in [0.1, 0.15) is 49.4 Å². The van der Waals surface area contributed by atoms with Crippen LogP contribution in [0.2, 0.25) is 0 Å². The number of hydrogen-bond acceptors (Lipinski definition) is 3. The fraction of sp³-hybridized carbons (Fsp3) is 0.409. The maximum Gasteiger partial charge on any atom is 0.244 e. The minimum Gasteiger partial charge on any atom is -0.348 e. The molecule has 0 heterocycles. The van der Waals surface area contributed by atoms with E-state index in [-0.39, 0.29) is 18.2 Å². The second kappa shape index (κ2) is 8.53. The summed E-state index contributed by atoms with van der Waals surface area (Å²) in [5.74, 6) is -1.13. The minimum atomic E-state index is -3.87. The molecule has 0 aliphatic heterocycles. The first-order valence-corrected chi connectivity index (χ1v) is 11.7. The zero-order chi connectivity index (χ0) is 21.2. The van der Waals surface area contributed by atoms with Gasteiger partial charge < -0.3 is 5.32 Å². The van der Waals surface area contributed by atoms with Gasteiger partial charge in [-0.15, -0.1) is 0 Å². The predicted molar refractivity (Wildman–Crippen MR) is 113 cm³/mol. The number of aryl methyl sites for hydroxylation is 2. The van der Waals surface area contributed by atoms with Gasteiger partial charge in [-0.2, -0.15) is 0 Å². The molecule has 0 fully saturated rings. The van der Waals surface area contributed by atoms with Gasteiger partial charge in [0.05, 0.1) is 18.0 Å². The highest BCUT2D eigenvalue weighted by Gasteiger charge is 2.33. The van der Waals surface area contributed by atoms with E-state index in [1.54, 1.807) is 13.0 Å². The molecule has 0 unspecified atom stereocenters. The molecular formula is C22H27FN2O3S. The van der Waals surface area contributed by atoms with Gasteiger partial charge in [0.15, 0.2) is 0 Å². The Hall–Kier alpha value is -2.41. The first-order chi connectivity index (χ1) is 13.7. The molecule has 1 N–H and O–H groups in total. The van der Waals surface area contributed by atoms with Crippen LogP contribution in [0.3, 0.4) is 0 Å². The molecule has 1 aliphatic rings. The molecule has 0 spiro atoms. The van der Waals surface area contributed by atoms with Gasteiger partial charge >= 0.3 is 0 Å². The first-order valence-electron chi connectivity index (χ1n) is 9.88. The lowest BCUT2D eigenvalue weighted by Gasteiger charge is -2.31. The summed E-state index contributed by atoms with van der Waals surface area (Å²) in [5, 5.41) is 2.91. The number of rotatable bonds is 7. The number of hydrogen-bond donors (Lipinski definition) is 1. The molecule has 0 aromatic heterocycles. The number of carbonyl (C=O) groups is 1. The van der Waals surface area contributed by atoms with E-state index in [9.17, 15) is 17.6 Å². The van der Waals surface area contributed by atoms with Crippen LogP contribution >= 0.6 is 0 Å². The van der Waals surface area contributed by atoms with Crippen molar-refractivity contribution in [1.29, 1.82) is 0 Å². The lowest BCUT2D eigenvalue weighted by Crippen LogP contribution is -2.50. The van der Waals surface area contributed by atoms with E-state index in [1.165, 1.54) is 29.3 Å². The van der Waals surface area contributed by atoms with Crippen LogP contribution < -0.4 is 9.62 Å². The van der Waals surface area contributed by atoms with Crippen molar-refractivity contribution in [2.75, 3.05) is 10.6 Å². The van der Waals surface area contributed by atoms with Crippen molar-refractivity contribution in [3.63, 3.8) is 0 Å². The van der Waals surface area contributed by atoms with Gasteiger partial charge in [0.1, 0.15) is 11.9 Å². The molecular weight excluding hydrogens is 391 g/mol. The lowest BCUT2D eigenvalue weighted by molar-refractivity contribution is -0.122. The Bertz CT molecular complexity index is 1010. The van der Waals surface area contributed by atoms with E-state index < -0.39 is 27.8 Å².